The molecule has 2 aromatic carbocycles. The van der Waals surface area contributed by atoms with Crippen molar-refractivity contribution in [1.29, 1.82) is 0 Å². The second kappa shape index (κ2) is 6.19. The lowest BCUT2D eigenvalue weighted by Crippen LogP contribution is -2.24. The normalized spacial score (nSPS) is 15.5. The Bertz CT molecular complexity index is 590. The van der Waals surface area contributed by atoms with E-state index in [0.717, 1.165) is 6.04 Å². The van der Waals surface area contributed by atoms with Gasteiger partial charge in [0, 0.05) is 6.04 Å². The Morgan fingerprint density at radius 1 is 1.00 bits per heavy atom. The maximum atomic E-state index is 3.64. The molecule has 0 saturated heterocycles. The number of aryl methyl sites for hydroxylation is 1. The highest BCUT2D eigenvalue weighted by Gasteiger charge is 2.22. The third-order valence-corrected chi connectivity index (χ3v) is 4.76. The average molecular weight is 281 g/mol. The molecule has 0 amide bonds. The maximum absolute atomic E-state index is 3.64. The molecule has 112 valence electrons. The van der Waals surface area contributed by atoms with Crippen LogP contribution < -0.4 is 5.32 Å². The summed E-state index contributed by atoms with van der Waals surface area (Å²) in [6.45, 7) is 5.99. The quantitative estimate of drug-likeness (QED) is 0.758. The van der Waals surface area contributed by atoms with Crippen LogP contribution in [0.2, 0.25) is 0 Å². The Labute approximate surface area is 128 Å². The van der Waals surface area contributed by atoms with Gasteiger partial charge in [-0.1, -0.05) is 56.3 Å². The molecule has 1 nitrogen and oxygen atoms in total. The Hall–Kier alpha value is -1.34. The van der Waals surface area contributed by atoms with Gasteiger partial charge in [0.2, 0.25) is 0 Å². The van der Waals surface area contributed by atoms with Crippen LogP contribution in [0.3, 0.4) is 0 Å². The third kappa shape index (κ3) is 4.07. The van der Waals surface area contributed by atoms with Crippen LogP contribution in [0.4, 0.5) is 0 Å². The molecule has 0 bridgehead atoms. The number of nitrogens with one attached hydrogen (secondary N) is 1. The average Bonchev–Trinajstić information content (AvgIpc) is 3.29. The summed E-state index contributed by atoms with van der Waals surface area (Å²) >= 11 is 0. The molecule has 0 aromatic heterocycles. The molecule has 1 saturated carbocycles. The van der Waals surface area contributed by atoms with Crippen molar-refractivity contribution in [3.8, 4) is 0 Å². The molecule has 1 aliphatic rings. The monoisotopic (exact) mass is 281 g/mol. The van der Waals surface area contributed by atoms with Gasteiger partial charge in [0.25, 0.3) is 0 Å². The largest absolute Gasteiger partial charge is 0.314 e. The van der Waals surface area contributed by atoms with Crippen molar-refractivity contribution in [3.05, 3.63) is 48.0 Å². The number of hydrogen-bond donors (Lipinski definition) is 1. The van der Waals surface area contributed by atoms with Crippen LogP contribution in [-0.4, -0.2) is 12.6 Å². The van der Waals surface area contributed by atoms with Crippen LogP contribution in [0.1, 0.15) is 45.1 Å². The summed E-state index contributed by atoms with van der Waals surface area (Å²) in [5.41, 5.74) is 1.91. The van der Waals surface area contributed by atoms with Gasteiger partial charge in [-0.2, -0.15) is 0 Å². The number of fused-ring (bicyclic) bond motifs is 1. The van der Waals surface area contributed by atoms with E-state index < -0.39 is 0 Å². The zero-order chi connectivity index (χ0) is 14.7. The minimum absolute atomic E-state index is 0.416. The topological polar surface area (TPSA) is 12.0 Å². The van der Waals surface area contributed by atoms with E-state index in [1.807, 2.05) is 0 Å². The molecule has 0 aliphatic heterocycles. The molecule has 0 radical (unpaired) electrons. The van der Waals surface area contributed by atoms with E-state index in [0.29, 0.717) is 5.41 Å². The first-order valence-corrected chi connectivity index (χ1v) is 8.34. The summed E-state index contributed by atoms with van der Waals surface area (Å²) < 4.78 is 0. The molecule has 0 heterocycles. The van der Waals surface area contributed by atoms with E-state index >= 15 is 0 Å². The Kier molecular flexibility index (Phi) is 4.30. The molecule has 1 aliphatic carbocycles. The van der Waals surface area contributed by atoms with Crippen molar-refractivity contribution >= 4 is 10.8 Å². The zero-order valence-corrected chi connectivity index (χ0v) is 13.4. The molecular weight excluding hydrogens is 254 g/mol. The molecular formula is C20H27N. The first-order valence-electron chi connectivity index (χ1n) is 8.34. The van der Waals surface area contributed by atoms with E-state index in [1.54, 1.807) is 0 Å². The summed E-state index contributed by atoms with van der Waals surface area (Å²) in [5.74, 6) is 0. The van der Waals surface area contributed by atoms with Gasteiger partial charge < -0.3 is 5.32 Å². The fourth-order valence-electron chi connectivity index (χ4n) is 3.01. The lowest BCUT2D eigenvalue weighted by Gasteiger charge is -2.25. The number of rotatable bonds is 7. The molecule has 1 heteroatoms. The lowest BCUT2D eigenvalue weighted by molar-refractivity contribution is 0.302. The van der Waals surface area contributed by atoms with Gasteiger partial charge in [0.1, 0.15) is 0 Å². The van der Waals surface area contributed by atoms with Gasteiger partial charge in [-0.15, -0.1) is 0 Å². The van der Waals surface area contributed by atoms with Gasteiger partial charge in [0.05, 0.1) is 0 Å². The summed E-state index contributed by atoms with van der Waals surface area (Å²) in [5, 5.41) is 6.43. The smallest absolute Gasteiger partial charge is 0.00682 e. The highest BCUT2D eigenvalue weighted by Crippen LogP contribution is 2.29. The molecule has 0 spiro atoms. The van der Waals surface area contributed by atoms with Crippen LogP contribution >= 0.6 is 0 Å². The van der Waals surface area contributed by atoms with Crippen molar-refractivity contribution in [2.45, 2.75) is 52.0 Å². The van der Waals surface area contributed by atoms with Crippen LogP contribution in [0.5, 0.6) is 0 Å². The summed E-state index contributed by atoms with van der Waals surface area (Å²) in [7, 11) is 0. The highest BCUT2D eigenvalue weighted by molar-refractivity contribution is 5.85. The maximum Gasteiger partial charge on any atom is 0.00682 e. The molecule has 0 unspecified atom stereocenters. The SMILES string of the molecule is CC(C)(CCNC1CC1)CCc1cccc2ccccc12. The van der Waals surface area contributed by atoms with Crippen molar-refractivity contribution < 1.29 is 0 Å². The highest BCUT2D eigenvalue weighted by atomic mass is 14.9. The van der Waals surface area contributed by atoms with Gasteiger partial charge in [-0.3, -0.25) is 0 Å². The zero-order valence-electron chi connectivity index (χ0n) is 13.4. The van der Waals surface area contributed by atoms with Gasteiger partial charge in [0.15, 0.2) is 0 Å². The predicted octanol–water partition coefficient (Wildman–Crippen LogP) is 4.94. The standard InChI is InChI=1S/C20H27N/c1-20(2,14-15-21-18-10-11-18)13-12-17-8-5-7-16-6-3-4-9-19(16)17/h3-9,18,21H,10-15H2,1-2H3. The van der Waals surface area contributed by atoms with Gasteiger partial charge in [-0.05, 0) is 60.4 Å². The lowest BCUT2D eigenvalue weighted by atomic mass is 9.82. The van der Waals surface area contributed by atoms with Crippen LogP contribution in [0.15, 0.2) is 42.5 Å². The van der Waals surface area contributed by atoms with Crippen LogP contribution in [0.25, 0.3) is 10.8 Å². The molecule has 21 heavy (non-hydrogen) atoms. The molecule has 2 aromatic rings. The Morgan fingerprint density at radius 3 is 2.57 bits per heavy atom. The van der Waals surface area contributed by atoms with Crippen molar-refractivity contribution in [1.82, 2.24) is 5.32 Å². The van der Waals surface area contributed by atoms with Gasteiger partial charge in [-0.25, -0.2) is 0 Å². The van der Waals surface area contributed by atoms with Crippen molar-refractivity contribution in [3.63, 3.8) is 0 Å². The minimum atomic E-state index is 0.416. The predicted molar refractivity (Wildman–Crippen MR) is 91.7 cm³/mol. The fraction of sp³-hybridized carbons (Fsp3) is 0.500. The fourth-order valence-corrected chi connectivity index (χ4v) is 3.01. The molecule has 1 N–H and O–H groups in total. The van der Waals surface area contributed by atoms with E-state index in [1.165, 1.54) is 55.0 Å². The second-order valence-corrected chi connectivity index (χ2v) is 7.28. The summed E-state index contributed by atoms with van der Waals surface area (Å²) in [6, 6.07) is 16.3. The summed E-state index contributed by atoms with van der Waals surface area (Å²) in [6.07, 6.45) is 6.48. The Balaban J connectivity index is 1.59. The van der Waals surface area contributed by atoms with E-state index in [4.69, 9.17) is 0 Å². The Morgan fingerprint density at radius 2 is 1.76 bits per heavy atom. The third-order valence-electron chi connectivity index (χ3n) is 4.76. The van der Waals surface area contributed by atoms with Crippen LogP contribution in [0, 0.1) is 5.41 Å². The molecule has 0 atom stereocenters. The van der Waals surface area contributed by atoms with E-state index in [2.05, 4.69) is 61.6 Å². The second-order valence-electron chi connectivity index (χ2n) is 7.28. The first-order chi connectivity index (χ1) is 10.1. The number of benzene rings is 2. The van der Waals surface area contributed by atoms with E-state index in [-0.39, 0.29) is 0 Å². The van der Waals surface area contributed by atoms with Gasteiger partial charge >= 0.3 is 0 Å². The molecule has 3 rings (SSSR count). The summed E-state index contributed by atoms with van der Waals surface area (Å²) in [4.78, 5) is 0. The molecule has 1 fully saturated rings. The van der Waals surface area contributed by atoms with Crippen LogP contribution in [-0.2, 0) is 6.42 Å². The van der Waals surface area contributed by atoms with Crippen molar-refractivity contribution in [2.24, 2.45) is 5.41 Å². The minimum Gasteiger partial charge on any atom is -0.314 e. The van der Waals surface area contributed by atoms with Crippen molar-refractivity contribution in [2.75, 3.05) is 6.54 Å². The first kappa shape index (κ1) is 14.6. The van der Waals surface area contributed by atoms with E-state index in [9.17, 15) is 0 Å². The number of hydrogen-bond acceptors (Lipinski definition) is 1.